The van der Waals surface area contributed by atoms with Crippen molar-refractivity contribution in [1.82, 2.24) is 35.3 Å². The van der Waals surface area contributed by atoms with Crippen molar-refractivity contribution in [2.24, 2.45) is 0 Å². The molecule has 4 aromatic carbocycles. The Morgan fingerprint density at radius 1 is 0.533 bits per heavy atom. The number of pyridine rings is 2. The Hall–Kier alpha value is -8.42. The van der Waals surface area contributed by atoms with Crippen LogP contribution in [-0.2, 0) is 24.1 Å². The predicted molar refractivity (Wildman–Crippen MR) is 268 cm³/mol. The number of anilines is 2. The number of ketones is 1. The van der Waals surface area contributed by atoms with Crippen LogP contribution in [0.5, 0.6) is 0 Å². The van der Waals surface area contributed by atoms with Crippen molar-refractivity contribution < 1.29 is 49.9 Å². The molecule has 14 nitrogen and oxygen atoms in total. The van der Waals surface area contributed by atoms with Crippen LogP contribution >= 0.6 is 0 Å². The number of halogens is 6. The number of urea groups is 2. The Bertz CT molecular complexity index is 3000. The zero-order valence-corrected chi connectivity index (χ0v) is 40.4. The van der Waals surface area contributed by atoms with Gasteiger partial charge in [-0.05, 0) is 120 Å². The molecule has 75 heavy (non-hydrogen) atoms. The molecule has 2 aliphatic rings. The van der Waals surface area contributed by atoms with Gasteiger partial charge in [0.1, 0.15) is 0 Å². The molecule has 0 aliphatic carbocycles. The number of nitrogens with one attached hydrogen (secondary N) is 1. The molecule has 7 aromatic rings. The summed E-state index contributed by atoms with van der Waals surface area (Å²) in [5.74, 6) is -4.42. The smallest absolute Gasteiger partial charge is 0.413 e. The summed E-state index contributed by atoms with van der Waals surface area (Å²) < 4.78 is 80.2. The second-order valence-electron chi connectivity index (χ2n) is 17.8. The van der Waals surface area contributed by atoms with Gasteiger partial charge in [-0.25, -0.2) is 9.59 Å². The van der Waals surface area contributed by atoms with Gasteiger partial charge in [0.25, 0.3) is 0 Å². The predicted octanol–water partition coefficient (Wildman–Crippen LogP) is 11.7. The van der Waals surface area contributed by atoms with Crippen molar-refractivity contribution in [3.05, 3.63) is 169 Å². The van der Waals surface area contributed by atoms with Crippen LogP contribution in [0.1, 0.15) is 65.9 Å². The number of hydrogen-bond acceptors (Lipinski definition) is 9. The summed E-state index contributed by atoms with van der Waals surface area (Å²) in [6, 6.07) is 35.8. The number of Topliss-reactive ketones (excluding diaryl/α,β-unsaturated/α-hetero) is 1. The summed E-state index contributed by atoms with van der Waals surface area (Å²) in [4.78, 5) is 65.7. The monoisotopic (exact) mass is 1030 g/mol. The van der Waals surface area contributed by atoms with Crippen LogP contribution in [-0.4, -0.2) is 92.6 Å². The molecule has 0 atom stereocenters. The van der Waals surface area contributed by atoms with E-state index in [-0.39, 0.29) is 30.1 Å². The van der Waals surface area contributed by atoms with Gasteiger partial charge in [0, 0.05) is 73.5 Å². The van der Waals surface area contributed by atoms with Gasteiger partial charge in [0.15, 0.2) is 5.78 Å². The first kappa shape index (κ1) is 52.9. The molecule has 5 heterocycles. The van der Waals surface area contributed by atoms with E-state index in [1.165, 1.54) is 12.1 Å². The molecule has 20 heteroatoms. The van der Waals surface area contributed by atoms with Crippen molar-refractivity contribution in [1.29, 1.82) is 0 Å². The molecule has 0 saturated carbocycles. The molecule has 2 saturated heterocycles. The fourth-order valence-corrected chi connectivity index (χ4v) is 8.52. The van der Waals surface area contributed by atoms with E-state index in [1.807, 2.05) is 82.6 Å². The van der Waals surface area contributed by atoms with Crippen molar-refractivity contribution in [3.63, 3.8) is 0 Å². The average Bonchev–Trinajstić information content (AvgIpc) is 3.96. The average molecular weight is 1030 g/mol. The lowest BCUT2D eigenvalue weighted by atomic mass is 10.1. The quantitative estimate of drug-likeness (QED) is 0.0929. The SMILES string of the molecule is O=C(CNC(=O)C(F)(F)F)c1ccc(CN(C(=O)N2CCCCC2)c2ccc(-c3cccnc3)cc2)cc1.O=C(N1CCCCC1)N(Cc1ccc(-c2nnc(C(F)(F)F)o2)cc1)c1ccc(-c2cccnc2)cc1. The van der Waals surface area contributed by atoms with Gasteiger partial charge < -0.3 is 19.5 Å². The number of carbonyl (C=O) groups excluding carboxylic acids is 4. The highest BCUT2D eigenvalue weighted by molar-refractivity contribution is 6.00. The lowest BCUT2D eigenvalue weighted by Crippen LogP contribution is -2.45. The van der Waals surface area contributed by atoms with Gasteiger partial charge in [-0.1, -0.05) is 72.8 Å². The van der Waals surface area contributed by atoms with Gasteiger partial charge in [-0.2, -0.15) is 26.3 Å². The fourth-order valence-electron chi connectivity index (χ4n) is 8.52. The van der Waals surface area contributed by atoms with Crippen LogP contribution in [0.4, 0.5) is 47.3 Å². The van der Waals surface area contributed by atoms with Crippen LogP contribution in [0.25, 0.3) is 33.7 Å². The van der Waals surface area contributed by atoms with Gasteiger partial charge in [0.05, 0.1) is 19.6 Å². The molecule has 388 valence electrons. The number of likely N-dealkylation sites (tertiary alicyclic amines) is 2. The first-order chi connectivity index (χ1) is 36.1. The van der Waals surface area contributed by atoms with Crippen LogP contribution in [0, 0.1) is 0 Å². The second-order valence-corrected chi connectivity index (χ2v) is 17.8. The fraction of sp³-hybridized carbons (Fsp3) is 0.273. The molecule has 1 N–H and O–H groups in total. The van der Waals surface area contributed by atoms with E-state index in [2.05, 4.69) is 20.2 Å². The number of nitrogens with zero attached hydrogens (tertiary/aromatic N) is 8. The number of carbonyl (C=O) groups is 4. The van der Waals surface area contributed by atoms with Gasteiger partial charge >= 0.3 is 36.2 Å². The third-order valence-electron chi connectivity index (χ3n) is 12.6. The van der Waals surface area contributed by atoms with E-state index in [4.69, 9.17) is 4.42 Å². The number of benzene rings is 4. The second kappa shape index (κ2) is 24.1. The zero-order valence-electron chi connectivity index (χ0n) is 40.4. The number of hydrogen-bond donors (Lipinski definition) is 1. The normalized spacial score (nSPS) is 13.8. The summed E-state index contributed by atoms with van der Waals surface area (Å²) in [6.45, 7) is 2.54. The van der Waals surface area contributed by atoms with Crippen molar-refractivity contribution in [2.75, 3.05) is 42.5 Å². The first-order valence-corrected chi connectivity index (χ1v) is 24.2. The van der Waals surface area contributed by atoms with Crippen LogP contribution in [0.2, 0.25) is 0 Å². The molecule has 5 amide bonds. The summed E-state index contributed by atoms with van der Waals surface area (Å²) in [7, 11) is 0. The maximum Gasteiger partial charge on any atom is 0.471 e. The summed E-state index contributed by atoms with van der Waals surface area (Å²) in [6.07, 6.45) is 3.25. The number of amides is 5. The molecule has 0 bridgehead atoms. The molecule has 3 aromatic heterocycles. The molecule has 2 fully saturated rings. The highest BCUT2D eigenvalue weighted by Crippen LogP contribution is 2.32. The Morgan fingerprint density at radius 3 is 1.37 bits per heavy atom. The van der Waals surface area contributed by atoms with E-state index in [9.17, 15) is 45.5 Å². The number of aromatic nitrogens is 4. The summed E-state index contributed by atoms with van der Waals surface area (Å²) >= 11 is 0. The van der Waals surface area contributed by atoms with E-state index in [0.717, 1.165) is 77.6 Å². The molecule has 9 rings (SSSR count). The van der Waals surface area contributed by atoms with Crippen LogP contribution in [0.3, 0.4) is 0 Å². The maximum absolute atomic E-state index is 13.5. The third-order valence-corrected chi connectivity index (χ3v) is 12.6. The van der Waals surface area contributed by atoms with Crippen molar-refractivity contribution >= 4 is 35.1 Å². The van der Waals surface area contributed by atoms with E-state index in [1.54, 1.807) is 76.3 Å². The molecule has 0 spiro atoms. The standard InChI is InChI=1S/C28H27F3N4O3.C27H24F3N5O2/c29-28(30,31)26(37)33-18-25(36)22-8-6-20(7-9-22)19-35(27(38)34-15-2-1-3-16-34)24-12-10-21(11-13-24)23-5-4-14-32-17-23;28-27(29,30)25-33-32-24(37-25)21-8-6-19(7-9-21)18-35(26(36)34-15-2-1-3-16-34)23-12-10-20(11-13-23)22-5-4-14-31-17-22/h4-14,17H,1-3,15-16,18-19H2,(H,33,37);4-14,17H,1-3,15-16,18H2. The highest BCUT2D eigenvalue weighted by atomic mass is 19.4. The topological polar surface area (TPSA) is 158 Å². The number of alkyl halides is 6. The summed E-state index contributed by atoms with van der Waals surface area (Å²) in [5, 5.41) is 8.16. The molecule has 0 unspecified atom stereocenters. The van der Waals surface area contributed by atoms with E-state index >= 15 is 0 Å². The molecular weight excluding hydrogens is 981 g/mol. The number of rotatable bonds is 12. The maximum atomic E-state index is 13.5. The Morgan fingerprint density at radius 2 is 0.973 bits per heavy atom. The molecule has 2 aliphatic heterocycles. The Kier molecular flexibility index (Phi) is 17.0. The Balaban J connectivity index is 0.000000199. The highest BCUT2D eigenvalue weighted by Gasteiger charge is 2.39. The minimum absolute atomic E-state index is 0.0791. The minimum Gasteiger partial charge on any atom is -0.413 e. The van der Waals surface area contributed by atoms with E-state index < -0.39 is 36.5 Å². The molecular formula is C55H51F6N9O5. The Labute approximate surface area is 428 Å². The first-order valence-electron chi connectivity index (χ1n) is 24.2. The zero-order chi connectivity index (χ0) is 53.0. The lowest BCUT2D eigenvalue weighted by Gasteiger charge is -2.33. The van der Waals surface area contributed by atoms with Gasteiger partial charge in [0.2, 0.25) is 5.89 Å². The lowest BCUT2D eigenvalue weighted by molar-refractivity contribution is -0.173. The van der Waals surface area contributed by atoms with Crippen LogP contribution in [0.15, 0.2) is 151 Å². The molecule has 0 radical (unpaired) electrons. The van der Waals surface area contributed by atoms with Crippen molar-refractivity contribution in [3.8, 4) is 33.7 Å². The third kappa shape index (κ3) is 14.0. The summed E-state index contributed by atoms with van der Waals surface area (Å²) in [5.41, 5.74) is 7.42. The van der Waals surface area contributed by atoms with E-state index in [0.29, 0.717) is 44.0 Å². The van der Waals surface area contributed by atoms with Gasteiger partial charge in [-0.3, -0.25) is 29.4 Å². The van der Waals surface area contributed by atoms with Crippen LogP contribution < -0.4 is 15.1 Å². The van der Waals surface area contributed by atoms with Crippen molar-refractivity contribution in [2.45, 2.75) is 64.0 Å². The van der Waals surface area contributed by atoms with Gasteiger partial charge in [-0.15, -0.1) is 10.2 Å². The number of piperidine rings is 2. The minimum atomic E-state index is -5.05. The largest absolute Gasteiger partial charge is 0.471 e.